The Morgan fingerprint density at radius 2 is 2.00 bits per heavy atom. The van der Waals surface area contributed by atoms with Crippen LogP contribution >= 0.6 is 15.9 Å². The molecular formula is C14H18BrNO. The minimum Gasteiger partial charge on any atom is -0.356 e. The van der Waals surface area contributed by atoms with Crippen LogP contribution in [0, 0.1) is 5.41 Å². The van der Waals surface area contributed by atoms with Gasteiger partial charge in [0, 0.05) is 18.3 Å². The molecule has 2 nitrogen and oxygen atoms in total. The molecule has 1 aromatic carbocycles. The number of rotatable bonds is 6. The Balaban J connectivity index is 1.68. The van der Waals surface area contributed by atoms with Crippen LogP contribution in [0.1, 0.15) is 24.8 Å². The summed E-state index contributed by atoms with van der Waals surface area (Å²) < 4.78 is 0. The molecule has 0 heterocycles. The van der Waals surface area contributed by atoms with Crippen LogP contribution in [-0.4, -0.2) is 17.8 Å². The SMILES string of the molecule is O=C(CCc1ccccc1)NCC1(CBr)CC1. The summed E-state index contributed by atoms with van der Waals surface area (Å²) in [6.45, 7) is 0.825. The second-order valence-corrected chi connectivity index (χ2v) is 5.46. The summed E-state index contributed by atoms with van der Waals surface area (Å²) in [5.74, 6) is 0.168. The van der Waals surface area contributed by atoms with Crippen LogP contribution in [-0.2, 0) is 11.2 Å². The highest BCUT2D eigenvalue weighted by Crippen LogP contribution is 2.46. The largest absolute Gasteiger partial charge is 0.356 e. The Labute approximate surface area is 111 Å². The van der Waals surface area contributed by atoms with E-state index in [1.165, 1.54) is 18.4 Å². The van der Waals surface area contributed by atoms with Crippen LogP contribution in [0.15, 0.2) is 30.3 Å². The topological polar surface area (TPSA) is 29.1 Å². The van der Waals surface area contributed by atoms with Crippen LogP contribution in [0.25, 0.3) is 0 Å². The molecule has 0 aromatic heterocycles. The molecular weight excluding hydrogens is 278 g/mol. The van der Waals surface area contributed by atoms with E-state index in [0.29, 0.717) is 11.8 Å². The van der Waals surface area contributed by atoms with E-state index in [0.717, 1.165) is 18.3 Å². The van der Waals surface area contributed by atoms with Crippen molar-refractivity contribution in [2.75, 3.05) is 11.9 Å². The molecule has 1 aromatic rings. The van der Waals surface area contributed by atoms with Crippen LogP contribution in [0.5, 0.6) is 0 Å². The quantitative estimate of drug-likeness (QED) is 0.804. The first-order chi connectivity index (χ1) is 8.24. The van der Waals surface area contributed by atoms with Gasteiger partial charge < -0.3 is 5.32 Å². The number of hydrogen-bond acceptors (Lipinski definition) is 1. The van der Waals surface area contributed by atoms with Crippen molar-refractivity contribution < 1.29 is 4.79 Å². The minimum absolute atomic E-state index is 0.168. The molecule has 0 saturated heterocycles. The fourth-order valence-electron chi connectivity index (χ4n) is 1.81. The van der Waals surface area contributed by atoms with Crippen molar-refractivity contribution in [3.05, 3.63) is 35.9 Å². The molecule has 0 aliphatic heterocycles. The molecule has 1 aliphatic rings. The third-order valence-corrected chi connectivity index (χ3v) is 4.57. The summed E-state index contributed by atoms with van der Waals surface area (Å²) in [7, 11) is 0. The average Bonchev–Trinajstić information content (AvgIpc) is 3.16. The van der Waals surface area contributed by atoms with Gasteiger partial charge in [0.25, 0.3) is 0 Å². The highest BCUT2D eigenvalue weighted by Gasteiger charge is 2.41. The van der Waals surface area contributed by atoms with E-state index in [4.69, 9.17) is 0 Å². The summed E-state index contributed by atoms with van der Waals surface area (Å²) in [6, 6.07) is 10.1. The van der Waals surface area contributed by atoms with Crippen molar-refractivity contribution in [3.63, 3.8) is 0 Å². The number of halogens is 1. The van der Waals surface area contributed by atoms with E-state index in [9.17, 15) is 4.79 Å². The third kappa shape index (κ3) is 3.84. The molecule has 1 saturated carbocycles. The molecule has 92 valence electrons. The second-order valence-electron chi connectivity index (χ2n) is 4.90. The lowest BCUT2D eigenvalue weighted by Gasteiger charge is -2.12. The molecule has 17 heavy (non-hydrogen) atoms. The molecule has 1 fully saturated rings. The number of amides is 1. The van der Waals surface area contributed by atoms with Gasteiger partial charge in [-0.2, -0.15) is 0 Å². The zero-order chi connectivity index (χ0) is 12.1. The standard InChI is InChI=1S/C14H18BrNO/c15-10-14(8-9-14)11-16-13(17)7-6-12-4-2-1-3-5-12/h1-5H,6-11H2,(H,16,17). The predicted octanol–water partition coefficient (Wildman–Crippen LogP) is 2.91. The highest BCUT2D eigenvalue weighted by atomic mass is 79.9. The number of alkyl halides is 1. The van der Waals surface area contributed by atoms with E-state index < -0.39 is 0 Å². The summed E-state index contributed by atoms with van der Waals surface area (Å²) in [5, 5.41) is 4.04. The Kier molecular flexibility index (Phi) is 4.21. The van der Waals surface area contributed by atoms with Crippen molar-refractivity contribution in [1.82, 2.24) is 5.32 Å². The molecule has 2 rings (SSSR count). The molecule has 1 aliphatic carbocycles. The molecule has 0 spiro atoms. The first kappa shape index (κ1) is 12.6. The molecule has 0 bridgehead atoms. The number of nitrogens with one attached hydrogen (secondary N) is 1. The predicted molar refractivity (Wildman–Crippen MR) is 73.2 cm³/mol. The zero-order valence-corrected chi connectivity index (χ0v) is 11.5. The van der Waals surface area contributed by atoms with Crippen molar-refractivity contribution in [1.29, 1.82) is 0 Å². The number of carbonyl (C=O) groups is 1. The van der Waals surface area contributed by atoms with Gasteiger partial charge in [-0.1, -0.05) is 46.3 Å². The Bertz CT molecular complexity index is 373. The van der Waals surface area contributed by atoms with Crippen molar-refractivity contribution in [2.45, 2.75) is 25.7 Å². The summed E-state index contributed by atoms with van der Waals surface area (Å²) in [6.07, 6.45) is 3.88. The first-order valence-electron chi connectivity index (χ1n) is 6.11. The van der Waals surface area contributed by atoms with Crippen LogP contribution in [0.2, 0.25) is 0 Å². The summed E-state index contributed by atoms with van der Waals surface area (Å²) in [4.78, 5) is 11.7. The van der Waals surface area contributed by atoms with Gasteiger partial charge in [0.05, 0.1) is 0 Å². The van der Waals surface area contributed by atoms with Gasteiger partial charge in [0.15, 0.2) is 0 Å². The van der Waals surface area contributed by atoms with Crippen LogP contribution in [0.3, 0.4) is 0 Å². The number of benzene rings is 1. The lowest BCUT2D eigenvalue weighted by molar-refractivity contribution is -0.121. The summed E-state index contributed by atoms with van der Waals surface area (Å²) >= 11 is 3.51. The van der Waals surface area contributed by atoms with Gasteiger partial charge in [-0.05, 0) is 30.2 Å². The molecule has 3 heteroatoms. The molecule has 0 radical (unpaired) electrons. The maximum Gasteiger partial charge on any atom is 0.220 e. The van der Waals surface area contributed by atoms with Gasteiger partial charge >= 0.3 is 0 Å². The van der Waals surface area contributed by atoms with Crippen molar-refractivity contribution in [3.8, 4) is 0 Å². The highest BCUT2D eigenvalue weighted by molar-refractivity contribution is 9.09. The van der Waals surface area contributed by atoms with Gasteiger partial charge in [-0.3, -0.25) is 4.79 Å². The van der Waals surface area contributed by atoms with E-state index in [2.05, 4.69) is 33.4 Å². The van der Waals surface area contributed by atoms with E-state index in [-0.39, 0.29) is 5.91 Å². The van der Waals surface area contributed by atoms with Crippen LogP contribution in [0.4, 0.5) is 0 Å². The van der Waals surface area contributed by atoms with Gasteiger partial charge in [-0.15, -0.1) is 0 Å². The molecule has 0 atom stereocenters. The zero-order valence-electron chi connectivity index (χ0n) is 9.92. The van der Waals surface area contributed by atoms with Crippen molar-refractivity contribution >= 4 is 21.8 Å². The molecule has 1 N–H and O–H groups in total. The van der Waals surface area contributed by atoms with Crippen LogP contribution < -0.4 is 5.32 Å². The monoisotopic (exact) mass is 295 g/mol. The maximum atomic E-state index is 11.7. The van der Waals surface area contributed by atoms with Gasteiger partial charge in [0.2, 0.25) is 5.91 Å². The fraction of sp³-hybridized carbons (Fsp3) is 0.500. The lowest BCUT2D eigenvalue weighted by Crippen LogP contribution is -2.31. The average molecular weight is 296 g/mol. The third-order valence-electron chi connectivity index (χ3n) is 3.38. The van der Waals surface area contributed by atoms with Gasteiger partial charge in [-0.25, -0.2) is 0 Å². The maximum absolute atomic E-state index is 11.7. The first-order valence-corrected chi connectivity index (χ1v) is 7.23. The number of aryl methyl sites for hydroxylation is 1. The van der Waals surface area contributed by atoms with E-state index in [1.54, 1.807) is 0 Å². The fourth-order valence-corrected chi connectivity index (χ4v) is 2.57. The summed E-state index contributed by atoms with van der Waals surface area (Å²) in [5.41, 5.74) is 1.59. The Hall–Kier alpha value is -0.830. The second kappa shape index (κ2) is 5.67. The van der Waals surface area contributed by atoms with Gasteiger partial charge in [0.1, 0.15) is 0 Å². The minimum atomic E-state index is 0.168. The Morgan fingerprint density at radius 1 is 1.29 bits per heavy atom. The van der Waals surface area contributed by atoms with E-state index >= 15 is 0 Å². The number of hydrogen-bond donors (Lipinski definition) is 1. The van der Waals surface area contributed by atoms with Crippen molar-refractivity contribution in [2.24, 2.45) is 5.41 Å². The Morgan fingerprint density at radius 3 is 2.59 bits per heavy atom. The normalized spacial score (nSPS) is 16.5. The lowest BCUT2D eigenvalue weighted by atomic mass is 10.1. The number of carbonyl (C=O) groups excluding carboxylic acids is 1. The smallest absolute Gasteiger partial charge is 0.220 e. The molecule has 1 amide bonds. The molecule has 0 unspecified atom stereocenters. The van der Waals surface area contributed by atoms with E-state index in [1.807, 2.05) is 18.2 Å².